The summed E-state index contributed by atoms with van der Waals surface area (Å²) in [5.41, 5.74) is 0.964. The molecule has 2 aromatic rings. The smallest absolute Gasteiger partial charge is 0.171 e. The lowest BCUT2D eigenvalue weighted by molar-refractivity contribution is 0.0990. The van der Waals surface area contributed by atoms with Crippen LogP contribution in [0.5, 0.6) is 0 Å². The average Bonchev–Trinajstić information content (AvgIpc) is 2.98. The SMILES string of the molecule is Cc1ccc(F)c(-n2nnnc2CS(=O)(=O)C2CCCOC2)c1. The topological polar surface area (TPSA) is 87.0 Å². The maximum Gasteiger partial charge on any atom is 0.171 e. The Kier molecular flexibility index (Phi) is 4.40. The van der Waals surface area contributed by atoms with E-state index in [1.165, 1.54) is 6.07 Å². The highest BCUT2D eigenvalue weighted by atomic mass is 32.2. The molecule has 0 bridgehead atoms. The van der Waals surface area contributed by atoms with Crippen molar-refractivity contribution in [2.24, 2.45) is 0 Å². The molecule has 23 heavy (non-hydrogen) atoms. The molecule has 1 fully saturated rings. The van der Waals surface area contributed by atoms with Crippen LogP contribution in [0.1, 0.15) is 24.2 Å². The van der Waals surface area contributed by atoms with Crippen LogP contribution in [-0.4, -0.2) is 47.1 Å². The van der Waals surface area contributed by atoms with Gasteiger partial charge in [0.25, 0.3) is 0 Å². The molecule has 124 valence electrons. The summed E-state index contributed by atoms with van der Waals surface area (Å²) in [5.74, 6) is -0.760. The third kappa shape index (κ3) is 3.40. The molecule has 0 N–H and O–H groups in total. The van der Waals surface area contributed by atoms with Gasteiger partial charge in [-0.15, -0.1) is 5.10 Å². The number of hydrogen-bond donors (Lipinski definition) is 0. The Morgan fingerprint density at radius 3 is 3.00 bits per heavy atom. The molecule has 1 atom stereocenters. The molecule has 1 aliphatic heterocycles. The number of sulfone groups is 1. The number of hydrogen-bond acceptors (Lipinski definition) is 6. The lowest BCUT2D eigenvalue weighted by Gasteiger charge is -2.21. The third-order valence-corrected chi connectivity index (χ3v) is 5.87. The maximum atomic E-state index is 14.0. The van der Waals surface area contributed by atoms with Crippen molar-refractivity contribution in [2.75, 3.05) is 13.2 Å². The number of benzene rings is 1. The van der Waals surface area contributed by atoms with Gasteiger partial charge < -0.3 is 4.74 Å². The van der Waals surface area contributed by atoms with Crippen molar-refractivity contribution in [1.82, 2.24) is 20.2 Å². The molecule has 1 aromatic heterocycles. The van der Waals surface area contributed by atoms with Crippen LogP contribution in [0.3, 0.4) is 0 Å². The number of rotatable bonds is 4. The van der Waals surface area contributed by atoms with Crippen LogP contribution < -0.4 is 0 Å². The van der Waals surface area contributed by atoms with Crippen molar-refractivity contribution in [3.8, 4) is 5.69 Å². The Bertz CT molecular complexity index is 800. The van der Waals surface area contributed by atoms with E-state index in [0.29, 0.717) is 19.4 Å². The zero-order valence-electron chi connectivity index (χ0n) is 12.6. The highest BCUT2D eigenvalue weighted by molar-refractivity contribution is 7.91. The summed E-state index contributed by atoms with van der Waals surface area (Å²) in [4.78, 5) is 0. The van der Waals surface area contributed by atoms with E-state index in [-0.39, 0.29) is 23.9 Å². The van der Waals surface area contributed by atoms with Crippen molar-refractivity contribution < 1.29 is 17.5 Å². The van der Waals surface area contributed by atoms with Crippen molar-refractivity contribution in [1.29, 1.82) is 0 Å². The molecule has 1 aliphatic rings. The molecule has 1 saturated heterocycles. The van der Waals surface area contributed by atoms with Gasteiger partial charge >= 0.3 is 0 Å². The van der Waals surface area contributed by atoms with Crippen LogP contribution in [0.4, 0.5) is 4.39 Å². The molecule has 0 saturated carbocycles. The normalized spacial score (nSPS) is 19.0. The van der Waals surface area contributed by atoms with E-state index in [4.69, 9.17) is 4.74 Å². The van der Waals surface area contributed by atoms with E-state index in [1.54, 1.807) is 12.1 Å². The predicted molar refractivity (Wildman–Crippen MR) is 80.3 cm³/mol. The second-order valence-corrected chi connectivity index (χ2v) is 7.89. The molecule has 7 nitrogen and oxygen atoms in total. The quantitative estimate of drug-likeness (QED) is 0.831. The molecule has 0 aliphatic carbocycles. The monoisotopic (exact) mass is 340 g/mol. The fourth-order valence-electron chi connectivity index (χ4n) is 2.56. The molecule has 1 unspecified atom stereocenters. The van der Waals surface area contributed by atoms with Gasteiger partial charge in [0.1, 0.15) is 17.3 Å². The summed E-state index contributed by atoms with van der Waals surface area (Å²) in [6, 6.07) is 4.50. The summed E-state index contributed by atoms with van der Waals surface area (Å²) in [6.45, 7) is 2.57. The number of nitrogens with zero attached hydrogens (tertiary/aromatic N) is 4. The summed E-state index contributed by atoms with van der Waals surface area (Å²) in [7, 11) is -3.47. The standard InChI is InChI=1S/C14H17FN4O3S/c1-10-4-5-12(15)13(7-10)19-14(16-17-18-19)9-23(20,21)11-3-2-6-22-8-11/h4-5,7,11H,2-3,6,8-9H2,1H3. The van der Waals surface area contributed by atoms with E-state index in [2.05, 4.69) is 15.5 Å². The minimum atomic E-state index is -3.47. The third-order valence-electron chi connectivity index (χ3n) is 3.82. The summed E-state index contributed by atoms with van der Waals surface area (Å²) < 4.78 is 45.4. The maximum absolute atomic E-state index is 14.0. The summed E-state index contributed by atoms with van der Waals surface area (Å²) >= 11 is 0. The van der Waals surface area contributed by atoms with Crippen LogP contribution in [0.2, 0.25) is 0 Å². The lowest BCUT2D eigenvalue weighted by atomic mass is 10.2. The second-order valence-electron chi connectivity index (χ2n) is 5.61. The molecule has 9 heteroatoms. The lowest BCUT2D eigenvalue weighted by Crippen LogP contribution is -2.32. The first-order valence-electron chi connectivity index (χ1n) is 7.30. The minimum absolute atomic E-state index is 0.0973. The van der Waals surface area contributed by atoms with Crippen molar-refractivity contribution in [3.05, 3.63) is 35.4 Å². The molecule has 2 heterocycles. The largest absolute Gasteiger partial charge is 0.380 e. The number of aromatic nitrogens is 4. The van der Waals surface area contributed by atoms with Gasteiger partial charge in [0.2, 0.25) is 0 Å². The number of ether oxygens (including phenoxy) is 1. The van der Waals surface area contributed by atoms with Crippen LogP contribution in [0, 0.1) is 12.7 Å². The van der Waals surface area contributed by atoms with Gasteiger partial charge in [0.15, 0.2) is 15.7 Å². The summed E-state index contributed by atoms with van der Waals surface area (Å²) in [6.07, 6.45) is 1.27. The highest BCUT2D eigenvalue weighted by Gasteiger charge is 2.30. The van der Waals surface area contributed by atoms with Gasteiger partial charge in [-0.2, -0.15) is 4.68 Å². The Hall–Kier alpha value is -1.87. The first-order chi connectivity index (χ1) is 11.0. The van der Waals surface area contributed by atoms with E-state index in [9.17, 15) is 12.8 Å². The van der Waals surface area contributed by atoms with Gasteiger partial charge in [0.05, 0.1) is 11.9 Å². The molecular weight excluding hydrogens is 323 g/mol. The fraction of sp³-hybridized carbons (Fsp3) is 0.500. The van der Waals surface area contributed by atoms with E-state index >= 15 is 0 Å². The molecular formula is C14H17FN4O3S. The minimum Gasteiger partial charge on any atom is -0.380 e. The molecule has 0 amide bonds. The van der Waals surface area contributed by atoms with E-state index in [1.807, 2.05) is 6.92 Å². The van der Waals surface area contributed by atoms with E-state index < -0.39 is 20.9 Å². The molecule has 3 rings (SSSR count). The van der Waals surface area contributed by atoms with Gasteiger partial charge in [0, 0.05) is 6.61 Å². The van der Waals surface area contributed by atoms with Gasteiger partial charge in [-0.3, -0.25) is 0 Å². The zero-order valence-corrected chi connectivity index (χ0v) is 13.5. The Morgan fingerprint density at radius 2 is 2.26 bits per heavy atom. The molecule has 0 radical (unpaired) electrons. The van der Waals surface area contributed by atoms with Crippen molar-refractivity contribution >= 4 is 9.84 Å². The average molecular weight is 340 g/mol. The summed E-state index contributed by atoms with van der Waals surface area (Å²) in [5, 5.41) is 10.4. The molecule has 1 aromatic carbocycles. The van der Waals surface area contributed by atoms with Crippen LogP contribution in [-0.2, 0) is 20.3 Å². The highest BCUT2D eigenvalue weighted by Crippen LogP contribution is 2.20. The second kappa shape index (κ2) is 6.32. The Balaban J connectivity index is 1.91. The van der Waals surface area contributed by atoms with Crippen molar-refractivity contribution in [2.45, 2.75) is 30.8 Å². The van der Waals surface area contributed by atoms with Crippen LogP contribution in [0.15, 0.2) is 18.2 Å². The Morgan fingerprint density at radius 1 is 1.43 bits per heavy atom. The first-order valence-corrected chi connectivity index (χ1v) is 9.02. The van der Waals surface area contributed by atoms with Gasteiger partial charge in [-0.05, 0) is 47.9 Å². The van der Waals surface area contributed by atoms with Crippen molar-refractivity contribution in [3.63, 3.8) is 0 Å². The number of tetrazole rings is 1. The predicted octanol–water partition coefficient (Wildman–Crippen LogP) is 1.20. The zero-order chi connectivity index (χ0) is 16.4. The van der Waals surface area contributed by atoms with Crippen LogP contribution >= 0.6 is 0 Å². The van der Waals surface area contributed by atoms with Gasteiger partial charge in [-0.1, -0.05) is 6.07 Å². The Labute approximate surface area is 133 Å². The first kappa shape index (κ1) is 16.0. The van der Waals surface area contributed by atoms with E-state index in [0.717, 1.165) is 10.2 Å². The van der Waals surface area contributed by atoms with Crippen LogP contribution in [0.25, 0.3) is 5.69 Å². The number of aryl methyl sites for hydroxylation is 1. The fourth-order valence-corrected chi connectivity index (χ4v) is 4.17. The van der Waals surface area contributed by atoms with Gasteiger partial charge in [-0.25, -0.2) is 12.8 Å². The molecule has 0 spiro atoms. The number of halogens is 1.